The second-order valence-corrected chi connectivity index (χ2v) is 27.0. The number of aromatic nitrogens is 2. The molecule has 7 rings (SSSR count). The zero-order chi connectivity index (χ0) is 52.5. The first-order valence-corrected chi connectivity index (χ1v) is 34.7. The molecule has 0 unspecified atom stereocenters. The van der Waals surface area contributed by atoms with Crippen LogP contribution in [0, 0.1) is 13.8 Å². The summed E-state index contributed by atoms with van der Waals surface area (Å²) in [4.78, 5) is 8.16. The van der Waals surface area contributed by atoms with E-state index in [1.54, 1.807) is 15.8 Å². The van der Waals surface area contributed by atoms with Gasteiger partial charge in [0.2, 0.25) is 0 Å². The Kier molecular flexibility index (Phi) is 26.8. The Balaban J connectivity index is 1.22. The van der Waals surface area contributed by atoms with Crippen LogP contribution in [0.25, 0.3) is 61.2 Å². The third kappa shape index (κ3) is 17.6. The van der Waals surface area contributed by atoms with Crippen LogP contribution in [-0.4, -0.2) is 22.0 Å². The standard InChI is InChI=1S/C66H96N2O2S5/c1-7-11-15-19-23-25-27-29-31-35-39-51-53-47-58(55-42-41-49(5)71-55)73-65(53)52(40-36-32-30-28-26-24-20-16-12-8-2)54-48-59(74-66(51)54)56-43-44-57(72-56)60-62-61(67-75-68-62)50(6)63(69-45-37-33-21-17-13-9-3)64(60)70-46-38-34-22-18-14-10-4/h41-44,47-48H,7-40,45-46H2,1-6H3. The molecule has 5 aromatic heterocycles. The lowest BCUT2D eigenvalue weighted by Gasteiger charge is -2.19. The maximum absolute atomic E-state index is 6.97. The normalized spacial score (nSPS) is 11.9. The van der Waals surface area contributed by atoms with Gasteiger partial charge in [-0.15, -0.1) is 45.3 Å². The van der Waals surface area contributed by atoms with Crippen LogP contribution >= 0.6 is 57.1 Å². The Bertz CT molecular complexity index is 2620. The first-order chi connectivity index (χ1) is 37.0. The lowest BCUT2D eigenvalue weighted by molar-refractivity contribution is 0.258. The van der Waals surface area contributed by atoms with Gasteiger partial charge in [0.15, 0.2) is 11.5 Å². The van der Waals surface area contributed by atoms with E-state index < -0.39 is 0 Å². The van der Waals surface area contributed by atoms with Crippen LogP contribution in [0.2, 0.25) is 0 Å². The minimum absolute atomic E-state index is 0.679. The Morgan fingerprint density at radius 3 is 1.21 bits per heavy atom. The summed E-state index contributed by atoms with van der Waals surface area (Å²) >= 11 is 9.30. The fraction of sp³-hybridized carbons (Fsp3) is 0.636. The zero-order valence-electron chi connectivity index (χ0n) is 47.7. The molecule has 0 amide bonds. The lowest BCUT2D eigenvalue weighted by atomic mass is 9.94. The van der Waals surface area contributed by atoms with E-state index in [-0.39, 0.29) is 0 Å². The fourth-order valence-corrected chi connectivity index (χ4v) is 16.4. The molecule has 0 aliphatic rings. The van der Waals surface area contributed by atoms with Gasteiger partial charge in [-0.2, -0.15) is 8.75 Å². The van der Waals surface area contributed by atoms with E-state index in [9.17, 15) is 0 Å². The molecular formula is C66H96N2O2S5. The SMILES string of the molecule is CCCCCCCCCCCCc1c2cc(-c3ccc(-c4c(OCCCCCCCC)c(OCCCCCCCC)c(C)c5nsnc45)s3)sc2c(CCCCCCCCCCCC)c2cc(-c3ccc(C)s3)sc12. The largest absolute Gasteiger partial charge is 0.489 e. The van der Waals surface area contributed by atoms with Crippen LogP contribution in [0.4, 0.5) is 0 Å². The quantitative estimate of drug-likeness (QED) is 0.0358. The summed E-state index contributed by atoms with van der Waals surface area (Å²) in [5.74, 6) is 1.73. The highest BCUT2D eigenvalue weighted by Crippen LogP contribution is 2.52. The molecule has 0 bridgehead atoms. The molecule has 0 aliphatic heterocycles. The van der Waals surface area contributed by atoms with Crippen molar-refractivity contribution < 1.29 is 9.47 Å². The van der Waals surface area contributed by atoms with E-state index in [1.165, 1.54) is 249 Å². The summed E-state index contributed by atoms with van der Waals surface area (Å²) in [7, 11) is 0. The second kappa shape index (κ2) is 33.6. The van der Waals surface area contributed by atoms with Crippen LogP contribution in [-0.2, 0) is 12.8 Å². The first-order valence-electron chi connectivity index (χ1n) is 30.7. The topological polar surface area (TPSA) is 44.2 Å². The van der Waals surface area contributed by atoms with E-state index >= 15 is 0 Å². The second-order valence-electron chi connectivity index (χ2n) is 22.0. The van der Waals surface area contributed by atoms with E-state index in [4.69, 9.17) is 18.2 Å². The molecule has 0 N–H and O–H groups in total. The average molecular weight is 1110 g/mol. The number of rotatable bonds is 41. The summed E-state index contributed by atoms with van der Waals surface area (Å²) in [6.07, 6.45) is 44.3. The van der Waals surface area contributed by atoms with Gasteiger partial charge in [0.25, 0.3) is 0 Å². The predicted molar refractivity (Wildman–Crippen MR) is 339 cm³/mol. The van der Waals surface area contributed by atoms with E-state index in [0.29, 0.717) is 13.2 Å². The van der Waals surface area contributed by atoms with Crippen LogP contribution in [0.5, 0.6) is 11.5 Å². The Hall–Kier alpha value is -2.82. The summed E-state index contributed by atoms with van der Waals surface area (Å²) < 4.78 is 26.8. The molecule has 4 nitrogen and oxygen atoms in total. The van der Waals surface area contributed by atoms with Crippen LogP contribution in [0.1, 0.15) is 255 Å². The number of aryl methyl sites for hydroxylation is 4. The number of hydrogen-bond donors (Lipinski definition) is 0. The smallest absolute Gasteiger partial charge is 0.172 e. The molecule has 7 aromatic rings. The van der Waals surface area contributed by atoms with Gasteiger partial charge < -0.3 is 9.47 Å². The molecular weight excluding hydrogens is 1010 g/mol. The van der Waals surface area contributed by atoms with Gasteiger partial charge in [0.05, 0.1) is 30.5 Å². The summed E-state index contributed by atoms with van der Waals surface area (Å²) in [6, 6.07) is 14.6. The van der Waals surface area contributed by atoms with Crippen LogP contribution in [0.3, 0.4) is 0 Å². The number of hydrogen-bond acceptors (Lipinski definition) is 9. The highest BCUT2D eigenvalue weighted by atomic mass is 32.1. The lowest BCUT2D eigenvalue weighted by Crippen LogP contribution is -2.06. The van der Waals surface area contributed by atoms with Crippen molar-refractivity contribution in [3.05, 3.63) is 58.0 Å². The third-order valence-corrected chi connectivity index (χ3v) is 21.1. The van der Waals surface area contributed by atoms with Gasteiger partial charge in [-0.3, -0.25) is 0 Å². The van der Waals surface area contributed by atoms with Crippen molar-refractivity contribution in [3.8, 4) is 41.4 Å². The van der Waals surface area contributed by atoms with Crippen molar-refractivity contribution in [1.29, 1.82) is 0 Å². The Labute approximate surface area is 475 Å². The van der Waals surface area contributed by atoms with Crippen LogP contribution < -0.4 is 9.47 Å². The highest BCUT2D eigenvalue weighted by molar-refractivity contribution is 7.28. The van der Waals surface area contributed by atoms with Gasteiger partial charge >= 0.3 is 0 Å². The predicted octanol–water partition coefficient (Wildman–Crippen LogP) is 24.3. The average Bonchev–Trinajstić information content (AvgIpc) is 4.29. The summed E-state index contributed by atoms with van der Waals surface area (Å²) in [5, 5.41) is 3.05. The number of nitrogens with zero attached hydrogens (tertiary/aromatic N) is 2. The van der Waals surface area contributed by atoms with Crippen molar-refractivity contribution in [1.82, 2.24) is 8.75 Å². The minimum Gasteiger partial charge on any atom is -0.489 e. The number of ether oxygens (including phenoxy) is 2. The molecule has 412 valence electrons. The van der Waals surface area contributed by atoms with Crippen molar-refractivity contribution in [2.75, 3.05) is 13.2 Å². The maximum atomic E-state index is 6.97. The zero-order valence-corrected chi connectivity index (χ0v) is 51.8. The van der Waals surface area contributed by atoms with Gasteiger partial charge in [0, 0.05) is 44.2 Å². The van der Waals surface area contributed by atoms with Crippen LogP contribution in [0.15, 0.2) is 36.4 Å². The molecule has 0 atom stereocenters. The fourth-order valence-electron chi connectivity index (χ4n) is 11.2. The monoisotopic (exact) mass is 1110 g/mol. The number of fused-ring (bicyclic) bond motifs is 3. The van der Waals surface area contributed by atoms with Crippen molar-refractivity contribution in [3.63, 3.8) is 0 Å². The molecule has 0 radical (unpaired) electrons. The third-order valence-electron chi connectivity index (χ3n) is 15.6. The maximum Gasteiger partial charge on any atom is 0.172 e. The molecule has 0 saturated carbocycles. The summed E-state index contributed by atoms with van der Waals surface area (Å²) in [6.45, 7) is 15.0. The van der Waals surface area contributed by atoms with Crippen molar-refractivity contribution in [2.24, 2.45) is 0 Å². The molecule has 0 fully saturated rings. The molecule has 2 aromatic carbocycles. The highest BCUT2D eigenvalue weighted by Gasteiger charge is 2.27. The van der Waals surface area contributed by atoms with Gasteiger partial charge in [0.1, 0.15) is 11.0 Å². The van der Waals surface area contributed by atoms with Gasteiger partial charge in [-0.05, 0) is 111 Å². The molecule has 75 heavy (non-hydrogen) atoms. The number of unbranched alkanes of at least 4 members (excludes halogenated alkanes) is 28. The molecule has 0 spiro atoms. The van der Waals surface area contributed by atoms with Crippen molar-refractivity contribution in [2.45, 2.75) is 260 Å². The van der Waals surface area contributed by atoms with E-state index in [0.717, 1.165) is 59.3 Å². The molecule has 0 saturated heterocycles. The minimum atomic E-state index is 0.679. The molecule has 5 heterocycles. The number of thiophene rings is 4. The Morgan fingerprint density at radius 2 is 0.760 bits per heavy atom. The first kappa shape index (κ1) is 59.8. The van der Waals surface area contributed by atoms with Gasteiger partial charge in [-0.1, -0.05) is 207 Å². The summed E-state index contributed by atoms with van der Waals surface area (Å²) in [5.41, 5.74) is 7.20. The molecule has 9 heteroatoms. The number of benzene rings is 2. The van der Waals surface area contributed by atoms with Crippen molar-refractivity contribution >= 4 is 88.3 Å². The van der Waals surface area contributed by atoms with Gasteiger partial charge in [-0.25, -0.2) is 0 Å². The molecule has 0 aliphatic carbocycles. The Morgan fingerprint density at radius 1 is 0.373 bits per heavy atom. The van der Waals surface area contributed by atoms with E-state index in [2.05, 4.69) is 101 Å². The van der Waals surface area contributed by atoms with E-state index in [1.807, 2.05) is 22.7 Å².